The van der Waals surface area contributed by atoms with Crippen LogP contribution in [0.15, 0.2) is 59.6 Å². The number of nitrogens with zero attached hydrogens (tertiary/aromatic N) is 1. The molecule has 1 aliphatic rings. The predicted octanol–water partition coefficient (Wildman–Crippen LogP) is 3.00. The summed E-state index contributed by atoms with van der Waals surface area (Å²) in [6.07, 6.45) is 2.06. The molecule has 0 aromatic heterocycles. The molecule has 22 heavy (non-hydrogen) atoms. The van der Waals surface area contributed by atoms with Gasteiger partial charge in [-0.15, -0.1) is 0 Å². The highest BCUT2D eigenvalue weighted by Crippen LogP contribution is 2.16. The summed E-state index contributed by atoms with van der Waals surface area (Å²) < 4.78 is 11.5. The summed E-state index contributed by atoms with van der Waals surface area (Å²) in [4.78, 5) is 4.68. The van der Waals surface area contributed by atoms with E-state index < -0.39 is 0 Å². The third kappa shape index (κ3) is 3.46. The number of aliphatic imine (C=N–C) groups is 1. The molecule has 0 bridgehead atoms. The number of hydrogen-bond donors (Lipinski definition) is 0. The maximum atomic E-state index is 5.80. The lowest BCUT2D eigenvalue weighted by Gasteiger charge is -2.10. The van der Waals surface area contributed by atoms with Crippen molar-refractivity contribution in [2.75, 3.05) is 6.61 Å². The quantitative estimate of drug-likeness (QED) is 0.641. The number of rotatable bonds is 4. The maximum Gasteiger partial charge on any atom is 0.494 e. The fourth-order valence-corrected chi connectivity index (χ4v) is 2.53. The Labute approximate surface area is 132 Å². The molecule has 4 heteroatoms. The molecule has 2 atom stereocenters. The van der Waals surface area contributed by atoms with E-state index in [9.17, 15) is 0 Å². The van der Waals surface area contributed by atoms with Crippen LogP contribution in [0.1, 0.15) is 31.0 Å². The van der Waals surface area contributed by atoms with Crippen molar-refractivity contribution in [3.63, 3.8) is 0 Å². The average molecular weight is 293 g/mol. The van der Waals surface area contributed by atoms with Crippen LogP contribution in [0.5, 0.6) is 0 Å². The van der Waals surface area contributed by atoms with E-state index in [1.165, 1.54) is 5.56 Å². The van der Waals surface area contributed by atoms with E-state index in [0.717, 1.165) is 11.0 Å². The largest absolute Gasteiger partial charge is 0.494 e. The Morgan fingerprint density at radius 2 is 1.86 bits per heavy atom. The van der Waals surface area contributed by atoms with E-state index in [2.05, 4.69) is 24.0 Å². The molecule has 2 aromatic carbocycles. The minimum Gasteiger partial charge on any atom is -0.405 e. The monoisotopic (exact) mass is 293 g/mol. The van der Waals surface area contributed by atoms with Gasteiger partial charge in [-0.25, -0.2) is 0 Å². The number of benzene rings is 2. The Bertz CT molecular complexity index is 645. The van der Waals surface area contributed by atoms with Gasteiger partial charge < -0.3 is 9.31 Å². The van der Waals surface area contributed by atoms with Crippen molar-refractivity contribution in [2.24, 2.45) is 4.99 Å². The third-order valence-electron chi connectivity index (χ3n) is 3.81. The predicted molar refractivity (Wildman–Crippen MR) is 90.8 cm³/mol. The summed E-state index contributed by atoms with van der Waals surface area (Å²) in [5, 5.41) is 0. The summed E-state index contributed by atoms with van der Waals surface area (Å²) in [6.45, 7) is 4.75. The highest BCUT2D eigenvalue weighted by atomic mass is 16.6. The first-order valence-electron chi connectivity index (χ1n) is 7.68. The molecule has 0 amide bonds. The minimum atomic E-state index is -0.287. The smallest absolute Gasteiger partial charge is 0.405 e. The second-order valence-electron chi connectivity index (χ2n) is 5.61. The van der Waals surface area contributed by atoms with Crippen molar-refractivity contribution >= 4 is 18.8 Å². The molecule has 3 nitrogen and oxygen atoms in total. The minimum absolute atomic E-state index is 0.124. The molecule has 0 spiro atoms. The van der Waals surface area contributed by atoms with Gasteiger partial charge in [0, 0.05) is 6.21 Å². The van der Waals surface area contributed by atoms with Gasteiger partial charge in [-0.1, -0.05) is 54.6 Å². The van der Waals surface area contributed by atoms with E-state index in [1.807, 2.05) is 55.6 Å². The fourth-order valence-electron chi connectivity index (χ4n) is 2.53. The Morgan fingerprint density at radius 3 is 2.59 bits per heavy atom. The van der Waals surface area contributed by atoms with Crippen molar-refractivity contribution in [3.8, 4) is 0 Å². The van der Waals surface area contributed by atoms with Crippen molar-refractivity contribution in [3.05, 3.63) is 65.7 Å². The second kappa shape index (κ2) is 6.90. The first-order valence-corrected chi connectivity index (χ1v) is 7.68. The molecular formula is C18H20BNO2. The SMILES string of the molecule is C[C@@H]1COB(c2ccccc2C=N[C@@H](C)c2ccccc2)O1. The molecular weight excluding hydrogens is 273 g/mol. The van der Waals surface area contributed by atoms with Crippen LogP contribution in [-0.2, 0) is 9.31 Å². The van der Waals surface area contributed by atoms with Crippen molar-refractivity contribution in [2.45, 2.75) is 26.0 Å². The highest BCUT2D eigenvalue weighted by molar-refractivity contribution is 6.63. The molecule has 3 rings (SSSR count). The van der Waals surface area contributed by atoms with Crippen LogP contribution in [-0.4, -0.2) is 26.0 Å². The lowest BCUT2D eigenvalue weighted by molar-refractivity contribution is 0.258. The molecule has 1 heterocycles. The Kier molecular flexibility index (Phi) is 4.71. The van der Waals surface area contributed by atoms with Crippen LogP contribution in [0.3, 0.4) is 0 Å². The molecule has 1 fully saturated rings. The first kappa shape index (κ1) is 15.0. The average Bonchev–Trinajstić information content (AvgIpc) is 3.00. The van der Waals surface area contributed by atoms with Crippen molar-refractivity contribution in [1.82, 2.24) is 0 Å². The van der Waals surface area contributed by atoms with Crippen molar-refractivity contribution in [1.29, 1.82) is 0 Å². The molecule has 0 unspecified atom stereocenters. The van der Waals surface area contributed by atoms with Gasteiger partial charge in [0.05, 0.1) is 18.8 Å². The van der Waals surface area contributed by atoms with Crippen LogP contribution in [0.2, 0.25) is 0 Å². The zero-order valence-electron chi connectivity index (χ0n) is 13.0. The molecule has 0 N–H and O–H groups in total. The topological polar surface area (TPSA) is 30.8 Å². The van der Waals surface area contributed by atoms with E-state index in [1.54, 1.807) is 0 Å². The van der Waals surface area contributed by atoms with Crippen LogP contribution >= 0.6 is 0 Å². The lowest BCUT2D eigenvalue weighted by Crippen LogP contribution is -2.35. The molecule has 0 radical (unpaired) electrons. The van der Waals surface area contributed by atoms with Gasteiger partial charge in [0.2, 0.25) is 0 Å². The second-order valence-corrected chi connectivity index (χ2v) is 5.61. The van der Waals surface area contributed by atoms with Crippen LogP contribution < -0.4 is 5.46 Å². The van der Waals surface area contributed by atoms with Gasteiger partial charge in [-0.05, 0) is 30.4 Å². The summed E-state index contributed by atoms with van der Waals surface area (Å²) in [7, 11) is -0.287. The first-order chi connectivity index (χ1) is 10.7. The van der Waals surface area contributed by atoms with E-state index >= 15 is 0 Å². The Morgan fingerprint density at radius 1 is 1.14 bits per heavy atom. The zero-order chi connectivity index (χ0) is 15.4. The molecule has 1 saturated heterocycles. The highest BCUT2D eigenvalue weighted by Gasteiger charge is 2.32. The van der Waals surface area contributed by atoms with Gasteiger partial charge in [-0.2, -0.15) is 0 Å². The van der Waals surface area contributed by atoms with E-state index in [4.69, 9.17) is 9.31 Å². The van der Waals surface area contributed by atoms with Crippen LogP contribution in [0.4, 0.5) is 0 Å². The number of hydrogen-bond acceptors (Lipinski definition) is 3. The molecule has 0 saturated carbocycles. The van der Waals surface area contributed by atoms with Gasteiger partial charge in [-0.3, -0.25) is 4.99 Å². The van der Waals surface area contributed by atoms with Gasteiger partial charge in [0.1, 0.15) is 0 Å². The van der Waals surface area contributed by atoms with Gasteiger partial charge >= 0.3 is 7.12 Å². The molecule has 112 valence electrons. The zero-order valence-corrected chi connectivity index (χ0v) is 13.0. The van der Waals surface area contributed by atoms with Crippen LogP contribution in [0.25, 0.3) is 0 Å². The maximum absolute atomic E-state index is 5.80. The summed E-state index contributed by atoms with van der Waals surface area (Å²) in [6, 6.07) is 18.5. The van der Waals surface area contributed by atoms with E-state index in [0.29, 0.717) is 6.61 Å². The molecule has 1 aliphatic heterocycles. The Hall–Kier alpha value is -1.91. The van der Waals surface area contributed by atoms with Gasteiger partial charge in [0.25, 0.3) is 0 Å². The lowest BCUT2D eigenvalue weighted by atomic mass is 9.76. The van der Waals surface area contributed by atoms with E-state index in [-0.39, 0.29) is 19.3 Å². The summed E-state index contributed by atoms with van der Waals surface area (Å²) in [5.74, 6) is 0. The summed E-state index contributed by atoms with van der Waals surface area (Å²) >= 11 is 0. The third-order valence-corrected chi connectivity index (χ3v) is 3.81. The van der Waals surface area contributed by atoms with Crippen LogP contribution in [0, 0.1) is 0 Å². The Balaban J connectivity index is 1.79. The normalized spacial score (nSPS) is 19.7. The van der Waals surface area contributed by atoms with Crippen molar-refractivity contribution < 1.29 is 9.31 Å². The molecule has 2 aromatic rings. The fraction of sp³-hybridized carbons (Fsp3) is 0.278. The standard InChI is InChI=1S/C18H20BNO2/c1-14-13-21-19(22-14)18-11-7-6-10-17(18)12-20-15(2)16-8-4-3-5-9-16/h3-12,14-15H,13H2,1-2H3/t14-,15+/m1/s1. The molecule has 0 aliphatic carbocycles. The summed E-state index contributed by atoms with van der Waals surface area (Å²) in [5.41, 5.74) is 3.29. The van der Waals surface area contributed by atoms with Gasteiger partial charge in [0.15, 0.2) is 0 Å².